The van der Waals surface area contributed by atoms with Crippen molar-refractivity contribution in [3.8, 4) is 0 Å². The number of nitrogens with zero attached hydrogens (tertiary/aromatic N) is 3. The highest BCUT2D eigenvalue weighted by atomic mass is 16.6. The van der Waals surface area contributed by atoms with Crippen molar-refractivity contribution < 1.29 is 9.66 Å². The Balaban J connectivity index is 1.88. The molecule has 6 nitrogen and oxygen atoms in total. The number of hydrogen-bond donors (Lipinski definition) is 0. The van der Waals surface area contributed by atoms with Crippen molar-refractivity contribution >= 4 is 5.69 Å². The van der Waals surface area contributed by atoms with Gasteiger partial charge in [0.2, 0.25) is 0 Å². The van der Waals surface area contributed by atoms with E-state index in [0.29, 0.717) is 5.92 Å². The molecule has 0 aliphatic carbocycles. The van der Waals surface area contributed by atoms with Crippen LogP contribution in [0.2, 0.25) is 0 Å². The van der Waals surface area contributed by atoms with Crippen LogP contribution < -0.4 is 0 Å². The normalized spacial score (nSPS) is 20.2. The average molecular weight is 251 g/mol. The van der Waals surface area contributed by atoms with Gasteiger partial charge in [0.1, 0.15) is 6.20 Å². The fraction of sp³-hybridized carbons (Fsp3) is 0.583. The first-order chi connectivity index (χ1) is 8.69. The molecule has 0 N–H and O–H groups in total. The maximum atomic E-state index is 10.5. The average Bonchev–Trinajstić information content (AvgIpc) is 2.78. The molecular weight excluding hydrogens is 234 g/mol. The maximum Gasteiger partial charge on any atom is 0.287 e. The van der Waals surface area contributed by atoms with Crippen molar-refractivity contribution in [2.24, 2.45) is 5.92 Å². The molecule has 1 atom stereocenters. The summed E-state index contributed by atoms with van der Waals surface area (Å²) in [4.78, 5) is 16.5. The number of pyridine rings is 1. The Labute approximate surface area is 106 Å². The van der Waals surface area contributed by atoms with E-state index in [1.807, 2.05) is 0 Å². The molecule has 1 aliphatic rings. The van der Waals surface area contributed by atoms with Gasteiger partial charge in [-0.1, -0.05) is 0 Å². The summed E-state index contributed by atoms with van der Waals surface area (Å²) in [5, 5.41) is 10.5. The van der Waals surface area contributed by atoms with Gasteiger partial charge in [-0.25, -0.2) is 0 Å². The van der Waals surface area contributed by atoms with Gasteiger partial charge in [-0.2, -0.15) is 0 Å². The highest BCUT2D eigenvalue weighted by molar-refractivity contribution is 5.26. The molecule has 0 amide bonds. The van der Waals surface area contributed by atoms with Crippen LogP contribution in [0, 0.1) is 16.0 Å². The molecular formula is C12H17N3O3. The number of likely N-dealkylation sites (tertiary alicyclic amines) is 1. The first-order valence-corrected chi connectivity index (χ1v) is 5.99. The van der Waals surface area contributed by atoms with E-state index in [9.17, 15) is 10.1 Å². The number of hydrogen-bond acceptors (Lipinski definition) is 5. The van der Waals surface area contributed by atoms with Crippen molar-refractivity contribution in [2.75, 3.05) is 26.8 Å². The molecule has 0 saturated carbocycles. The Bertz CT molecular complexity index is 408. The van der Waals surface area contributed by atoms with Crippen LogP contribution >= 0.6 is 0 Å². The Hall–Kier alpha value is -1.53. The predicted molar refractivity (Wildman–Crippen MR) is 66.2 cm³/mol. The highest BCUT2D eigenvalue weighted by Gasteiger charge is 2.22. The lowest BCUT2D eigenvalue weighted by Crippen LogP contribution is -2.21. The van der Waals surface area contributed by atoms with Crippen LogP contribution in [-0.4, -0.2) is 41.6 Å². The minimum absolute atomic E-state index is 0.0393. The third-order valence-electron chi connectivity index (χ3n) is 3.18. The Kier molecular flexibility index (Phi) is 4.22. The van der Waals surface area contributed by atoms with E-state index >= 15 is 0 Å². The van der Waals surface area contributed by atoms with Crippen molar-refractivity contribution in [2.45, 2.75) is 13.0 Å². The van der Waals surface area contributed by atoms with E-state index < -0.39 is 4.92 Å². The van der Waals surface area contributed by atoms with E-state index in [4.69, 9.17) is 4.74 Å². The number of aromatic nitrogens is 1. The quantitative estimate of drug-likeness (QED) is 0.585. The molecule has 2 heterocycles. The largest absolute Gasteiger partial charge is 0.384 e. The first-order valence-electron chi connectivity index (χ1n) is 5.99. The van der Waals surface area contributed by atoms with Gasteiger partial charge in [-0.3, -0.25) is 20.0 Å². The molecule has 1 fully saturated rings. The first kappa shape index (κ1) is 12.9. The molecule has 0 aromatic carbocycles. The second kappa shape index (κ2) is 5.88. The van der Waals surface area contributed by atoms with Crippen LogP contribution in [0.25, 0.3) is 0 Å². The van der Waals surface area contributed by atoms with Crippen LogP contribution in [-0.2, 0) is 11.3 Å². The molecule has 1 aromatic heterocycles. The summed E-state index contributed by atoms with van der Waals surface area (Å²) in [5.74, 6) is 0.591. The van der Waals surface area contributed by atoms with Gasteiger partial charge in [-0.05, 0) is 24.9 Å². The second-order valence-electron chi connectivity index (χ2n) is 4.61. The summed E-state index contributed by atoms with van der Waals surface area (Å²) in [5.41, 5.74) is 0.913. The fourth-order valence-electron chi connectivity index (χ4n) is 2.28. The zero-order chi connectivity index (χ0) is 13.0. The SMILES string of the molecule is COCC1CCN(Cc2ccc([N+](=O)[O-])cn2)C1. The minimum Gasteiger partial charge on any atom is -0.384 e. The zero-order valence-corrected chi connectivity index (χ0v) is 10.4. The van der Waals surface area contributed by atoms with E-state index in [0.717, 1.165) is 38.4 Å². The molecule has 6 heteroatoms. The number of rotatable bonds is 5. The second-order valence-corrected chi connectivity index (χ2v) is 4.61. The Morgan fingerprint density at radius 2 is 2.44 bits per heavy atom. The zero-order valence-electron chi connectivity index (χ0n) is 10.4. The van der Waals surface area contributed by atoms with Gasteiger partial charge in [0.05, 0.1) is 17.2 Å². The van der Waals surface area contributed by atoms with Gasteiger partial charge < -0.3 is 4.74 Å². The smallest absolute Gasteiger partial charge is 0.287 e. The van der Waals surface area contributed by atoms with E-state index in [-0.39, 0.29) is 5.69 Å². The van der Waals surface area contributed by atoms with Crippen LogP contribution in [0.4, 0.5) is 5.69 Å². The van der Waals surface area contributed by atoms with Crippen LogP contribution in [0.3, 0.4) is 0 Å². The maximum absolute atomic E-state index is 10.5. The molecule has 1 aliphatic heterocycles. The lowest BCUT2D eigenvalue weighted by molar-refractivity contribution is -0.385. The number of methoxy groups -OCH3 is 1. The predicted octanol–water partition coefficient (Wildman–Crippen LogP) is 1.46. The summed E-state index contributed by atoms with van der Waals surface area (Å²) in [6.45, 7) is 3.58. The van der Waals surface area contributed by atoms with Crippen LogP contribution in [0.15, 0.2) is 18.3 Å². The van der Waals surface area contributed by atoms with Crippen molar-refractivity contribution in [3.63, 3.8) is 0 Å². The van der Waals surface area contributed by atoms with Crippen LogP contribution in [0.5, 0.6) is 0 Å². The van der Waals surface area contributed by atoms with Crippen molar-refractivity contribution in [1.29, 1.82) is 0 Å². The Morgan fingerprint density at radius 3 is 3.06 bits per heavy atom. The topological polar surface area (TPSA) is 68.5 Å². The molecule has 0 spiro atoms. The lowest BCUT2D eigenvalue weighted by atomic mass is 10.1. The molecule has 98 valence electrons. The van der Waals surface area contributed by atoms with Gasteiger partial charge >= 0.3 is 0 Å². The van der Waals surface area contributed by atoms with E-state index in [2.05, 4.69) is 9.88 Å². The number of nitro groups is 1. The summed E-state index contributed by atoms with van der Waals surface area (Å²) in [7, 11) is 1.72. The van der Waals surface area contributed by atoms with Crippen LogP contribution in [0.1, 0.15) is 12.1 Å². The van der Waals surface area contributed by atoms with Gasteiger partial charge in [-0.15, -0.1) is 0 Å². The van der Waals surface area contributed by atoms with Crippen molar-refractivity contribution in [1.82, 2.24) is 9.88 Å². The molecule has 1 unspecified atom stereocenters. The summed E-state index contributed by atoms with van der Waals surface area (Å²) < 4.78 is 5.15. The van der Waals surface area contributed by atoms with E-state index in [1.54, 1.807) is 13.2 Å². The monoisotopic (exact) mass is 251 g/mol. The molecule has 1 saturated heterocycles. The third-order valence-corrected chi connectivity index (χ3v) is 3.18. The van der Waals surface area contributed by atoms with Gasteiger partial charge in [0.15, 0.2) is 0 Å². The molecule has 1 aromatic rings. The van der Waals surface area contributed by atoms with Gasteiger partial charge in [0.25, 0.3) is 5.69 Å². The van der Waals surface area contributed by atoms with E-state index in [1.165, 1.54) is 12.3 Å². The lowest BCUT2D eigenvalue weighted by Gasteiger charge is -2.15. The summed E-state index contributed by atoms with van der Waals surface area (Å²) >= 11 is 0. The summed E-state index contributed by atoms with van der Waals surface area (Å²) in [6, 6.07) is 3.23. The fourth-order valence-corrected chi connectivity index (χ4v) is 2.28. The minimum atomic E-state index is -0.429. The molecule has 0 radical (unpaired) electrons. The molecule has 0 bridgehead atoms. The Morgan fingerprint density at radius 1 is 1.61 bits per heavy atom. The standard InChI is InChI=1S/C12H17N3O3/c1-18-9-10-4-5-14(7-10)8-11-2-3-12(6-13-11)15(16)17/h2-3,6,10H,4-5,7-9H2,1H3. The summed E-state index contributed by atoms with van der Waals surface area (Å²) in [6.07, 6.45) is 2.46. The third kappa shape index (κ3) is 3.24. The van der Waals surface area contributed by atoms with Crippen molar-refractivity contribution in [3.05, 3.63) is 34.1 Å². The molecule has 18 heavy (non-hydrogen) atoms. The highest BCUT2D eigenvalue weighted by Crippen LogP contribution is 2.18. The number of ether oxygens (including phenoxy) is 1. The molecule has 2 rings (SSSR count). The van der Waals surface area contributed by atoms with Gasteiger partial charge in [0, 0.05) is 26.3 Å².